The average Bonchev–Trinajstić information content (AvgIpc) is 3.42. The molecule has 0 bridgehead atoms. The number of benzene rings is 3. The van der Waals surface area contributed by atoms with Crippen molar-refractivity contribution in [2.45, 2.75) is 26.3 Å². The number of methoxy groups -OCH3 is 2. The van der Waals surface area contributed by atoms with Crippen molar-refractivity contribution in [3.63, 3.8) is 0 Å². The molecule has 0 spiro atoms. The highest BCUT2D eigenvalue weighted by Crippen LogP contribution is 2.31. The molecule has 1 saturated heterocycles. The maximum absolute atomic E-state index is 13.0. The van der Waals surface area contributed by atoms with Gasteiger partial charge in [-0.25, -0.2) is 4.79 Å². The normalized spacial score (nSPS) is 12.7. The lowest BCUT2D eigenvalue weighted by Crippen LogP contribution is -2.26. The number of hydrogen-bond donors (Lipinski definition) is 3. The second kappa shape index (κ2) is 11.5. The molecule has 36 heavy (non-hydrogen) atoms. The molecule has 1 aliphatic heterocycles. The number of rotatable bonds is 8. The fourth-order valence-electron chi connectivity index (χ4n) is 4.23. The number of nitrogens with one attached hydrogen (secondary N) is 3. The molecule has 0 saturated carbocycles. The van der Waals surface area contributed by atoms with E-state index in [2.05, 4.69) is 20.9 Å². The van der Waals surface area contributed by atoms with Gasteiger partial charge in [-0.1, -0.05) is 18.2 Å². The van der Waals surface area contributed by atoms with E-state index in [0.717, 1.165) is 48.5 Å². The van der Waals surface area contributed by atoms with Gasteiger partial charge in [0.05, 0.1) is 31.3 Å². The smallest absolute Gasteiger partial charge is 0.323 e. The third-order valence-electron chi connectivity index (χ3n) is 6.17. The Bertz CT molecular complexity index is 1220. The van der Waals surface area contributed by atoms with E-state index >= 15 is 0 Å². The lowest BCUT2D eigenvalue weighted by molar-refractivity contribution is 0.0951. The van der Waals surface area contributed by atoms with Crippen molar-refractivity contribution in [1.29, 1.82) is 0 Å². The zero-order valence-corrected chi connectivity index (χ0v) is 20.9. The Morgan fingerprint density at radius 1 is 0.861 bits per heavy atom. The van der Waals surface area contributed by atoms with Gasteiger partial charge in [-0.3, -0.25) is 4.79 Å². The van der Waals surface area contributed by atoms with E-state index in [0.29, 0.717) is 29.2 Å². The van der Waals surface area contributed by atoms with Gasteiger partial charge in [0.1, 0.15) is 11.5 Å². The predicted octanol–water partition coefficient (Wildman–Crippen LogP) is 5.19. The van der Waals surface area contributed by atoms with Crippen LogP contribution in [0, 0.1) is 6.92 Å². The Hall–Kier alpha value is -4.20. The number of amides is 3. The maximum Gasteiger partial charge on any atom is 0.323 e. The molecule has 3 N–H and O–H groups in total. The van der Waals surface area contributed by atoms with Gasteiger partial charge in [0.25, 0.3) is 5.91 Å². The lowest BCUT2D eigenvalue weighted by Gasteiger charge is -2.22. The van der Waals surface area contributed by atoms with Crippen LogP contribution in [0.2, 0.25) is 0 Å². The molecule has 1 heterocycles. The molecular weight excluding hydrogens is 456 g/mol. The fraction of sp³-hybridized carbons (Fsp3) is 0.286. The van der Waals surface area contributed by atoms with Crippen LogP contribution in [0.4, 0.5) is 21.9 Å². The van der Waals surface area contributed by atoms with Crippen LogP contribution in [-0.2, 0) is 6.54 Å². The van der Waals surface area contributed by atoms with Crippen molar-refractivity contribution in [2.24, 2.45) is 0 Å². The molecule has 0 atom stereocenters. The summed E-state index contributed by atoms with van der Waals surface area (Å²) in [5.41, 5.74) is 4.48. The topological polar surface area (TPSA) is 91.9 Å². The Morgan fingerprint density at radius 3 is 2.28 bits per heavy atom. The summed E-state index contributed by atoms with van der Waals surface area (Å²) < 4.78 is 10.6. The van der Waals surface area contributed by atoms with Crippen molar-refractivity contribution in [3.05, 3.63) is 77.4 Å². The van der Waals surface area contributed by atoms with Crippen LogP contribution in [0.1, 0.15) is 34.3 Å². The van der Waals surface area contributed by atoms with Gasteiger partial charge in [0.15, 0.2) is 0 Å². The van der Waals surface area contributed by atoms with E-state index in [1.165, 1.54) is 0 Å². The summed E-state index contributed by atoms with van der Waals surface area (Å²) in [6, 6.07) is 18.1. The van der Waals surface area contributed by atoms with Crippen LogP contribution in [-0.4, -0.2) is 39.2 Å². The van der Waals surface area contributed by atoms with E-state index < -0.39 is 6.03 Å². The van der Waals surface area contributed by atoms with Crippen molar-refractivity contribution in [1.82, 2.24) is 5.32 Å². The summed E-state index contributed by atoms with van der Waals surface area (Å²) in [4.78, 5) is 28.1. The molecule has 0 radical (unpaired) electrons. The van der Waals surface area contributed by atoms with Gasteiger partial charge in [0, 0.05) is 25.2 Å². The number of carbonyl (C=O) groups is 2. The van der Waals surface area contributed by atoms with E-state index in [9.17, 15) is 9.59 Å². The summed E-state index contributed by atoms with van der Waals surface area (Å²) in [5.74, 6) is 1.12. The lowest BCUT2D eigenvalue weighted by atomic mass is 10.1. The third kappa shape index (κ3) is 6.07. The van der Waals surface area contributed by atoms with E-state index in [1.807, 2.05) is 55.5 Å². The number of ether oxygens (including phenoxy) is 2. The van der Waals surface area contributed by atoms with E-state index in [4.69, 9.17) is 9.47 Å². The number of carbonyl (C=O) groups excluding carboxylic acids is 2. The minimum Gasteiger partial charge on any atom is -0.497 e. The second-order valence-electron chi connectivity index (χ2n) is 8.74. The molecule has 4 rings (SSSR count). The monoisotopic (exact) mass is 488 g/mol. The average molecular weight is 489 g/mol. The van der Waals surface area contributed by atoms with Crippen LogP contribution in [0.5, 0.6) is 11.5 Å². The maximum atomic E-state index is 13.0. The van der Waals surface area contributed by atoms with Crippen molar-refractivity contribution < 1.29 is 19.1 Å². The van der Waals surface area contributed by atoms with Crippen LogP contribution in [0.3, 0.4) is 0 Å². The predicted molar refractivity (Wildman–Crippen MR) is 142 cm³/mol. The van der Waals surface area contributed by atoms with Gasteiger partial charge in [-0.15, -0.1) is 0 Å². The number of hydrogen-bond acceptors (Lipinski definition) is 5. The van der Waals surface area contributed by atoms with Gasteiger partial charge in [0.2, 0.25) is 0 Å². The van der Waals surface area contributed by atoms with Gasteiger partial charge < -0.3 is 30.3 Å². The van der Waals surface area contributed by atoms with Gasteiger partial charge in [-0.2, -0.15) is 0 Å². The zero-order chi connectivity index (χ0) is 25.5. The van der Waals surface area contributed by atoms with E-state index in [1.54, 1.807) is 26.4 Å². The minimum atomic E-state index is -0.407. The summed E-state index contributed by atoms with van der Waals surface area (Å²) in [7, 11) is 3.18. The molecule has 188 valence electrons. The first-order chi connectivity index (χ1) is 17.5. The Morgan fingerprint density at radius 2 is 1.58 bits per heavy atom. The SMILES string of the molecule is COc1ccc(CNC(=O)c2ccc(N3CCCC3)c(NC(=O)Nc3cc(C)ccc3OC)c2)cc1. The molecule has 3 amide bonds. The highest BCUT2D eigenvalue weighted by atomic mass is 16.5. The van der Waals surface area contributed by atoms with Crippen LogP contribution < -0.4 is 30.3 Å². The number of anilines is 3. The largest absolute Gasteiger partial charge is 0.497 e. The fourth-order valence-corrected chi connectivity index (χ4v) is 4.23. The minimum absolute atomic E-state index is 0.220. The Labute approximate surface area is 211 Å². The van der Waals surface area contributed by atoms with Crippen molar-refractivity contribution in [3.8, 4) is 11.5 Å². The molecule has 8 nitrogen and oxygen atoms in total. The van der Waals surface area contributed by atoms with Crippen LogP contribution in [0.15, 0.2) is 60.7 Å². The van der Waals surface area contributed by atoms with Crippen LogP contribution >= 0.6 is 0 Å². The Balaban J connectivity index is 1.51. The number of aryl methyl sites for hydroxylation is 1. The highest BCUT2D eigenvalue weighted by molar-refractivity contribution is 6.04. The van der Waals surface area contributed by atoms with Crippen LogP contribution in [0.25, 0.3) is 0 Å². The molecule has 0 aromatic heterocycles. The number of nitrogens with zero attached hydrogens (tertiary/aromatic N) is 1. The second-order valence-corrected chi connectivity index (χ2v) is 8.74. The summed E-state index contributed by atoms with van der Waals surface area (Å²) in [5, 5.41) is 8.76. The first kappa shape index (κ1) is 24.9. The molecule has 0 unspecified atom stereocenters. The highest BCUT2D eigenvalue weighted by Gasteiger charge is 2.19. The molecule has 0 aliphatic carbocycles. The molecule has 3 aromatic carbocycles. The summed E-state index contributed by atoms with van der Waals surface area (Å²) in [6.07, 6.45) is 2.19. The van der Waals surface area contributed by atoms with Crippen molar-refractivity contribution >= 4 is 29.0 Å². The summed E-state index contributed by atoms with van der Waals surface area (Å²) >= 11 is 0. The first-order valence-corrected chi connectivity index (χ1v) is 12.0. The van der Waals surface area contributed by atoms with Gasteiger partial charge in [-0.05, 0) is 73.4 Å². The molecule has 1 fully saturated rings. The molecule has 8 heteroatoms. The zero-order valence-electron chi connectivity index (χ0n) is 20.9. The molecular formula is C28H32N4O4. The number of urea groups is 1. The first-order valence-electron chi connectivity index (χ1n) is 12.0. The summed E-state index contributed by atoms with van der Waals surface area (Å²) in [6.45, 7) is 4.14. The Kier molecular flexibility index (Phi) is 7.95. The quantitative estimate of drug-likeness (QED) is 0.406. The van der Waals surface area contributed by atoms with Crippen molar-refractivity contribution in [2.75, 3.05) is 42.8 Å². The van der Waals surface area contributed by atoms with Gasteiger partial charge >= 0.3 is 6.03 Å². The molecule has 1 aliphatic rings. The molecule has 3 aromatic rings. The standard InChI is InChI=1S/C28H32N4O4/c1-19-6-13-26(36-3)24(16-19)31-28(34)30-23-17-21(9-12-25(23)32-14-4-5-15-32)27(33)29-18-20-7-10-22(35-2)11-8-20/h6-13,16-17H,4-5,14-15,18H2,1-3H3,(H,29,33)(H2,30,31,34). The van der Waals surface area contributed by atoms with E-state index in [-0.39, 0.29) is 5.91 Å². The third-order valence-corrected chi connectivity index (χ3v) is 6.17.